The normalized spacial score (nSPS) is 16.3. The Hall–Kier alpha value is -4.95. The van der Waals surface area contributed by atoms with E-state index in [4.69, 9.17) is 20.8 Å². The van der Waals surface area contributed by atoms with Crippen molar-refractivity contribution in [1.29, 1.82) is 5.26 Å². The zero-order valence-corrected chi connectivity index (χ0v) is 24.0. The van der Waals surface area contributed by atoms with Gasteiger partial charge in [0.05, 0.1) is 18.4 Å². The highest BCUT2D eigenvalue weighted by atomic mass is 16.5. The second-order valence-corrected chi connectivity index (χ2v) is 10.8. The van der Waals surface area contributed by atoms with Crippen molar-refractivity contribution in [2.75, 3.05) is 31.1 Å². The van der Waals surface area contributed by atoms with Crippen LogP contribution in [0.2, 0.25) is 0 Å². The number of aliphatic carboxylic acids is 1. The van der Waals surface area contributed by atoms with Crippen molar-refractivity contribution in [2.24, 2.45) is 5.73 Å². The number of nitrogens with two attached hydrogens (primary N) is 1. The molecule has 2 atom stereocenters. The van der Waals surface area contributed by atoms with Gasteiger partial charge in [-0.3, -0.25) is 19.3 Å². The van der Waals surface area contributed by atoms with Crippen LogP contribution in [-0.2, 0) is 22.7 Å². The number of carboxylic acid groups (broad SMARTS) is 1. The number of aromatic nitrogens is 1. The fourth-order valence-electron chi connectivity index (χ4n) is 5.70. The number of anilines is 1. The standard InChI is InChI=1S/C32H34N6O5/c1-21(36-13-15-37(16-14-36)25-10-9-24(17-33)35-18-25)23-7-5-22(6-8-23)20-43-29-4-2-3-26-27(29)19-38(32(26)42)28(31(34)41)11-12-30(39)40/h2-10,18,21,28H,11-16,19-20H2,1H3,(H2,34,41)(H,39,40). The molecule has 2 aromatic carbocycles. The maximum atomic E-state index is 13.1. The number of carbonyl (C=O) groups is 3. The largest absolute Gasteiger partial charge is 0.489 e. The molecule has 3 N–H and O–H groups in total. The number of nitrogens with zero attached hydrogens (tertiary/aromatic N) is 5. The summed E-state index contributed by atoms with van der Waals surface area (Å²) in [6.45, 7) is 6.21. The van der Waals surface area contributed by atoms with Gasteiger partial charge in [-0.2, -0.15) is 5.26 Å². The molecule has 0 bridgehead atoms. The van der Waals surface area contributed by atoms with Crippen LogP contribution in [0.5, 0.6) is 5.75 Å². The van der Waals surface area contributed by atoms with E-state index in [1.54, 1.807) is 30.5 Å². The summed E-state index contributed by atoms with van der Waals surface area (Å²) in [6.07, 6.45) is 1.45. The number of hydrogen-bond donors (Lipinski definition) is 2. The fourth-order valence-corrected chi connectivity index (χ4v) is 5.70. The number of piperazine rings is 1. The number of benzene rings is 2. The van der Waals surface area contributed by atoms with E-state index in [1.807, 2.05) is 18.2 Å². The number of carboxylic acids is 1. The molecule has 1 aromatic heterocycles. The lowest BCUT2D eigenvalue weighted by molar-refractivity contribution is -0.137. The van der Waals surface area contributed by atoms with Gasteiger partial charge >= 0.3 is 5.97 Å². The first-order valence-electron chi connectivity index (χ1n) is 14.3. The first-order valence-corrected chi connectivity index (χ1v) is 14.3. The molecule has 2 unspecified atom stereocenters. The number of primary amides is 1. The molecule has 1 saturated heterocycles. The second kappa shape index (κ2) is 12.9. The molecule has 0 aliphatic carbocycles. The Labute approximate surface area is 250 Å². The third kappa shape index (κ3) is 6.60. The van der Waals surface area contributed by atoms with E-state index in [0.717, 1.165) is 37.4 Å². The average Bonchev–Trinajstić information content (AvgIpc) is 3.36. The Morgan fingerprint density at radius 3 is 2.47 bits per heavy atom. The molecule has 2 amide bonds. The number of rotatable bonds is 11. The minimum Gasteiger partial charge on any atom is -0.489 e. The maximum Gasteiger partial charge on any atom is 0.303 e. The van der Waals surface area contributed by atoms with E-state index in [0.29, 0.717) is 29.2 Å². The zero-order valence-electron chi connectivity index (χ0n) is 24.0. The van der Waals surface area contributed by atoms with Crippen molar-refractivity contribution in [3.8, 4) is 11.8 Å². The first kappa shape index (κ1) is 29.5. The summed E-state index contributed by atoms with van der Waals surface area (Å²) in [5.74, 6) is -1.60. The summed E-state index contributed by atoms with van der Waals surface area (Å²) in [4.78, 5) is 46.4. The van der Waals surface area contributed by atoms with Crippen LogP contribution in [0.25, 0.3) is 0 Å². The molecule has 5 rings (SSSR count). The van der Waals surface area contributed by atoms with Crippen molar-refractivity contribution < 1.29 is 24.2 Å². The molecular weight excluding hydrogens is 548 g/mol. The van der Waals surface area contributed by atoms with Crippen LogP contribution in [0.4, 0.5) is 5.69 Å². The molecule has 222 valence electrons. The van der Waals surface area contributed by atoms with Gasteiger partial charge in [-0.05, 0) is 48.7 Å². The van der Waals surface area contributed by atoms with E-state index >= 15 is 0 Å². The molecule has 1 fully saturated rings. The molecule has 3 aromatic rings. The molecule has 0 saturated carbocycles. The molecule has 0 radical (unpaired) electrons. The highest BCUT2D eigenvalue weighted by Gasteiger charge is 2.37. The summed E-state index contributed by atoms with van der Waals surface area (Å²) in [5, 5.41) is 18.0. The predicted molar refractivity (Wildman–Crippen MR) is 158 cm³/mol. The average molecular weight is 583 g/mol. The van der Waals surface area contributed by atoms with Gasteiger partial charge in [0, 0.05) is 49.8 Å². The van der Waals surface area contributed by atoms with Crippen molar-refractivity contribution in [2.45, 2.75) is 45.0 Å². The van der Waals surface area contributed by atoms with Gasteiger partial charge in [0.25, 0.3) is 5.91 Å². The fraction of sp³-hybridized carbons (Fsp3) is 0.344. The lowest BCUT2D eigenvalue weighted by Crippen LogP contribution is -2.47. The van der Waals surface area contributed by atoms with Crippen LogP contribution in [0.3, 0.4) is 0 Å². The van der Waals surface area contributed by atoms with Crippen LogP contribution in [0.1, 0.15) is 58.5 Å². The lowest BCUT2D eigenvalue weighted by Gasteiger charge is -2.39. The van der Waals surface area contributed by atoms with E-state index < -0.39 is 17.9 Å². The molecule has 3 heterocycles. The summed E-state index contributed by atoms with van der Waals surface area (Å²) >= 11 is 0. The molecule has 0 spiro atoms. The van der Waals surface area contributed by atoms with Crippen molar-refractivity contribution in [1.82, 2.24) is 14.8 Å². The smallest absolute Gasteiger partial charge is 0.303 e. The van der Waals surface area contributed by atoms with Gasteiger partial charge in [-0.25, -0.2) is 4.98 Å². The van der Waals surface area contributed by atoms with E-state index in [9.17, 15) is 14.4 Å². The topological polar surface area (TPSA) is 153 Å². The minimum absolute atomic E-state index is 0.0460. The Balaban J connectivity index is 1.17. The SMILES string of the molecule is CC(c1ccc(COc2cccc3c2CN(C(CCC(=O)O)C(N)=O)C3=O)cc1)N1CCN(c2ccc(C#N)nc2)CC1. The van der Waals surface area contributed by atoms with Crippen LogP contribution in [0, 0.1) is 11.3 Å². The number of pyridine rings is 1. The molecule has 11 nitrogen and oxygen atoms in total. The van der Waals surface area contributed by atoms with Crippen molar-refractivity contribution in [3.63, 3.8) is 0 Å². The highest BCUT2D eigenvalue weighted by Crippen LogP contribution is 2.33. The molecule has 43 heavy (non-hydrogen) atoms. The van der Waals surface area contributed by atoms with Gasteiger partial charge < -0.3 is 25.4 Å². The van der Waals surface area contributed by atoms with Gasteiger partial charge in [-0.15, -0.1) is 0 Å². The lowest BCUT2D eigenvalue weighted by atomic mass is 10.0. The van der Waals surface area contributed by atoms with Crippen LogP contribution < -0.4 is 15.4 Å². The van der Waals surface area contributed by atoms with Crippen LogP contribution in [-0.4, -0.2) is 69.9 Å². The predicted octanol–water partition coefficient (Wildman–Crippen LogP) is 3.09. The molecule has 2 aliphatic rings. The third-order valence-electron chi connectivity index (χ3n) is 8.24. The number of nitriles is 1. The summed E-state index contributed by atoms with van der Waals surface area (Å²) in [7, 11) is 0. The summed E-state index contributed by atoms with van der Waals surface area (Å²) in [6, 6.07) is 18.5. The van der Waals surface area contributed by atoms with E-state index in [-0.39, 0.29) is 31.3 Å². The van der Waals surface area contributed by atoms with E-state index in [2.05, 4.69) is 39.9 Å². The van der Waals surface area contributed by atoms with Crippen molar-refractivity contribution >= 4 is 23.5 Å². The third-order valence-corrected chi connectivity index (χ3v) is 8.24. The number of ether oxygens (including phenoxy) is 1. The first-order chi connectivity index (χ1) is 20.7. The van der Waals surface area contributed by atoms with E-state index in [1.165, 1.54) is 10.5 Å². The van der Waals surface area contributed by atoms with Crippen molar-refractivity contribution in [3.05, 3.63) is 88.7 Å². The summed E-state index contributed by atoms with van der Waals surface area (Å²) in [5.41, 5.74) is 10.2. The number of fused-ring (bicyclic) bond motifs is 1. The Kier molecular flexibility index (Phi) is 8.87. The second-order valence-electron chi connectivity index (χ2n) is 10.8. The zero-order chi connectivity index (χ0) is 30.5. The number of amides is 2. The Bertz CT molecular complexity index is 1530. The molecular formula is C32H34N6O5. The Morgan fingerprint density at radius 2 is 1.84 bits per heavy atom. The van der Waals surface area contributed by atoms with Gasteiger partial charge in [0.15, 0.2) is 0 Å². The summed E-state index contributed by atoms with van der Waals surface area (Å²) < 4.78 is 6.13. The van der Waals surface area contributed by atoms with Gasteiger partial charge in [0.1, 0.15) is 30.2 Å². The number of hydrogen-bond acceptors (Lipinski definition) is 8. The van der Waals surface area contributed by atoms with Crippen LogP contribution in [0.15, 0.2) is 60.8 Å². The maximum absolute atomic E-state index is 13.1. The quantitative estimate of drug-likeness (QED) is 0.347. The van der Waals surface area contributed by atoms with Gasteiger partial charge in [-0.1, -0.05) is 30.3 Å². The monoisotopic (exact) mass is 582 g/mol. The number of carbonyl (C=O) groups excluding carboxylic acids is 2. The molecule has 11 heteroatoms. The Morgan fingerprint density at radius 1 is 1.09 bits per heavy atom. The van der Waals surface area contributed by atoms with Crippen LogP contribution >= 0.6 is 0 Å². The highest BCUT2D eigenvalue weighted by molar-refractivity contribution is 6.01. The molecule has 2 aliphatic heterocycles. The minimum atomic E-state index is -1.06. The van der Waals surface area contributed by atoms with Gasteiger partial charge in [0.2, 0.25) is 5.91 Å².